The molecule has 0 aliphatic carbocycles. The van der Waals surface area contributed by atoms with Crippen molar-refractivity contribution >= 4 is 5.69 Å². The maximum absolute atomic E-state index is 8.99. The molecule has 102 valence electrons. The molecular formula is C16H17N3O. The van der Waals surface area contributed by atoms with Gasteiger partial charge < -0.3 is 10.5 Å². The molecule has 1 aromatic carbocycles. The zero-order valence-corrected chi connectivity index (χ0v) is 11.5. The number of pyridine rings is 1. The maximum Gasteiger partial charge on any atom is 0.231 e. The van der Waals surface area contributed by atoms with Crippen molar-refractivity contribution in [2.24, 2.45) is 0 Å². The van der Waals surface area contributed by atoms with Crippen molar-refractivity contribution in [3.05, 3.63) is 53.2 Å². The first-order valence-corrected chi connectivity index (χ1v) is 6.54. The zero-order valence-electron chi connectivity index (χ0n) is 11.5. The second-order valence-corrected chi connectivity index (χ2v) is 4.61. The van der Waals surface area contributed by atoms with Crippen LogP contribution in [-0.2, 0) is 6.42 Å². The number of nitrogens with two attached hydrogens (primary N) is 1. The van der Waals surface area contributed by atoms with Gasteiger partial charge in [-0.05, 0) is 49.6 Å². The van der Waals surface area contributed by atoms with E-state index in [1.165, 1.54) is 5.56 Å². The number of benzene rings is 1. The second kappa shape index (κ2) is 6.58. The highest BCUT2D eigenvalue weighted by atomic mass is 16.5. The van der Waals surface area contributed by atoms with Gasteiger partial charge >= 0.3 is 0 Å². The van der Waals surface area contributed by atoms with Crippen LogP contribution in [0.2, 0.25) is 0 Å². The Labute approximate surface area is 118 Å². The molecule has 0 radical (unpaired) electrons. The van der Waals surface area contributed by atoms with E-state index in [4.69, 9.17) is 15.7 Å². The molecule has 0 spiro atoms. The maximum atomic E-state index is 8.99. The van der Waals surface area contributed by atoms with Crippen molar-refractivity contribution in [3.63, 3.8) is 0 Å². The van der Waals surface area contributed by atoms with Crippen LogP contribution < -0.4 is 10.5 Å². The highest BCUT2D eigenvalue weighted by Crippen LogP contribution is 2.15. The zero-order chi connectivity index (χ0) is 14.4. The first-order valence-electron chi connectivity index (χ1n) is 6.54. The van der Waals surface area contributed by atoms with E-state index in [1.54, 1.807) is 12.1 Å². The Balaban J connectivity index is 1.87. The van der Waals surface area contributed by atoms with Crippen LogP contribution in [0, 0.1) is 18.3 Å². The summed E-state index contributed by atoms with van der Waals surface area (Å²) in [6, 6.07) is 13.4. The predicted molar refractivity (Wildman–Crippen MR) is 78.4 cm³/mol. The van der Waals surface area contributed by atoms with Crippen molar-refractivity contribution in [3.8, 4) is 11.9 Å². The molecule has 0 saturated carbocycles. The van der Waals surface area contributed by atoms with E-state index in [9.17, 15) is 0 Å². The van der Waals surface area contributed by atoms with Gasteiger partial charge in [-0.25, -0.2) is 4.98 Å². The molecule has 0 atom stereocenters. The largest absolute Gasteiger partial charge is 0.477 e. The lowest BCUT2D eigenvalue weighted by Crippen LogP contribution is -2.03. The molecule has 4 nitrogen and oxygen atoms in total. The molecule has 0 amide bonds. The molecule has 2 aromatic rings. The van der Waals surface area contributed by atoms with Crippen LogP contribution in [0.25, 0.3) is 0 Å². The number of nitrogen functional groups attached to an aromatic ring is 1. The first-order chi connectivity index (χ1) is 9.69. The van der Waals surface area contributed by atoms with Gasteiger partial charge in [0.15, 0.2) is 0 Å². The van der Waals surface area contributed by atoms with Gasteiger partial charge in [0.1, 0.15) is 11.6 Å². The molecule has 1 aromatic heterocycles. The van der Waals surface area contributed by atoms with Crippen LogP contribution in [0.15, 0.2) is 36.4 Å². The Kier molecular flexibility index (Phi) is 4.56. The molecule has 0 bridgehead atoms. The van der Waals surface area contributed by atoms with E-state index in [1.807, 2.05) is 31.2 Å². The fourth-order valence-corrected chi connectivity index (χ4v) is 1.92. The minimum Gasteiger partial charge on any atom is -0.477 e. The third-order valence-corrected chi connectivity index (χ3v) is 2.92. The van der Waals surface area contributed by atoms with Crippen molar-refractivity contribution < 1.29 is 4.74 Å². The minimum absolute atomic E-state index is 0.417. The molecule has 2 N–H and O–H groups in total. The molecule has 2 rings (SSSR count). The summed E-state index contributed by atoms with van der Waals surface area (Å²) >= 11 is 0. The molecule has 0 aliphatic rings. The third-order valence-electron chi connectivity index (χ3n) is 2.92. The number of aryl methyl sites for hydroxylation is 2. The number of nitriles is 1. The highest BCUT2D eigenvalue weighted by Gasteiger charge is 2.05. The van der Waals surface area contributed by atoms with E-state index in [-0.39, 0.29) is 0 Å². The van der Waals surface area contributed by atoms with Gasteiger partial charge in [0.25, 0.3) is 0 Å². The quantitative estimate of drug-likeness (QED) is 0.668. The molecule has 0 saturated heterocycles. The number of aromatic nitrogens is 1. The average Bonchev–Trinajstić information content (AvgIpc) is 2.44. The topological polar surface area (TPSA) is 71.9 Å². The van der Waals surface area contributed by atoms with Gasteiger partial charge in [-0.1, -0.05) is 12.1 Å². The van der Waals surface area contributed by atoms with E-state index in [0.29, 0.717) is 18.1 Å². The predicted octanol–water partition coefficient (Wildman–Crippen LogP) is 2.86. The Hall–Kier alpha value is -2.54. The SMILES string of the molecule is Cc1ccc(C#N)c(OCCCc2cccc(N)c2)n1. The van der Waals surface area contributed by atoms with E-state index >= 15 is 0 Å². The number of hydrogen-bond donors (Lipinski definition) is 1. The summed E-state index contributed by atoms with van der Waals surface area (Å²) in [5.74, 6) is 0.417. The number of ether oxygens (including phenoxy) is 1. The van der Waals surface area contributed by atoms with Crippen LogP contribution in [0.4, 0.5) is 5.69 Å². The second-order valence-electron chi connectivity index (χ2n) is 4.61. The summed E-state index contributed by atoms with van der Waals surface area (Å²) in [5.41, 5.74) is 9.01. The third kappa shape index (κ3) is 3.72. The van der Waals surface area contributed by atoms with Gasteiger partial charge in [0.05, 0.1) is 6.61 Å². The van der Waals surface area contributed by atoms with E-state index in [0.717, 1.165) is 24.2 Å². The molecule has 0 aliphatic heterocycles. The monoisotopic (exact) mass is 267 g/mol. The number of anilines is 1. The van der Waals surface area contributed by atoms with Crippen molar-refractivity contribution in [2.75, 3.05) is 12.3 Å². The van der Waals surface area contributed by atoms with E-state index in [2.05, 4.69) is 11.1 Å². The highest BCUT2D eigenvalue weighted by molar-refractivity contribution is 5.40. The molecule has 4 heteroatoms. The molecule has 1 heterocycles. The smallest absolute Gasteiger partial charge is 0.231 e. The van der Waals surface area contributed by atoms with Crippen LogP contribution in [0.1, 0.15) is 23.2 Å². The lowest BCUT2D eigenvalue weighted by atomic mass is 10.1. The summed E-state index contributed by atoms with van der Waals surface area (Å²) in [6.45, 7) is 2.40. The van der Waals surface area contributed by atoms with Gasteiger partial charge in [-0.15, -0.1) is 0 Å². The fourth-order valence-electron chi connectivity index (χ4n) is 1.92. The average molecular weight is 267 g/mol. The summed E-state index contributed by atoms with van der Waals surface area (Å²) in [7, 11) is 0. The number of rotatable bonds is 5. The van der Waals surface area contributed by atoms with Crippen molar-refractivity contribution in [2.45, 2.75) is 19.8 Å². The van der Waals surface area contributed by atoms with Gasteiger partial charge in [-0.2, -0.15) is 5.26 Å². The Morgan fingerprint density at radius 3 is 2.90 bits per heavy atom. The molecule has 0 fully saturated rings. The summed E-state index contributed by atoms with van der Waals surface area (Å²) in [6.07, 6.45) is 1.74. The fraction of sp³-hybridized carbons (Fsp3) is 0.250. The lowest BCUT2D eigenvalue weighted by molar-refractivity contribution is 0.298. The number of nitrogens with zero attached hydrogens (tertiary/aromatic N) is 2. The van der Waals surface area contributed by atoms with Crippen LogP contribution in [-0.4, -0.2) is 11.6 Å². The van der Waals surface area contributed by atoms with Crippen molar-refractivity contribution in [1.82, 2.24) is 4.98 Å². The minimum atomic E-state index is 0.417. The summed E-state index contributed by atoms with van der Waals surface area (Å²) in [4.78, 5) is 4.24. The molecular weight excluding hydrogens is 250 g/mol. The normalized spacial score (nSPS) is 10.0. The Bertz CT molecular complexity index is 632. The summed E-state index contributed by atoms with van der Waals surface area (Å²) in [5, 5.41) is 8.99. The van der Waals surface area contributed by atoms with Gasteiger partial charge in [-0.3, -0.25) is 0 Å². The van der Waals surface area contributed by atoms with Gasteiger partial charge in [0.2, 0.25) is 5.88 Å². The first kappa shape index (κ1) is 13.9. The molecule has 0 unspecified atom stereocenters. The Morgan fingerprint density at radius 1 is 1.30 bits per heavy atom. The lowest BCUT2D eigenvalue weighted by Gasteiger charge is -2.07. The van der Waals surface area contributed by atoms with Gasteiger partial charge in [0, 0.05) is 11.4 Å². The van der Waals surface area contributed by atoms with Crippen molar-refractivity contribution in [1.29, 1.82) is 5.26 Å². The standard InChI is InChI=1S/C16H17N3O/c1-12-7-8-14(11-17)16(19-12)20-9-3-5-13-4-2-6-15(18)10-13/h2,4,6-8,10H,3,5,9,18H2,1H3. The van der Waals surface area contributed by atoms with Crippen LogP contribution >= 0.6 is 0 Å². The number of hydrogen-bond acceptors (Lipinski definition) is 4. The van der Waals surface area contributed by atoms with Crippen LogP contribution in [0.3, 0.4) is 0 Å². The Morgan fingerprint density at radius 2 is 2.15 bits per heavy atom. The summed E-state index contributed by atoms with van der Waals surface area (Å²) < 4.78 is 5.60. The molecule has 20 heavy (non-hydrogen) atoms. The van der Waals surface area contributed by atoms with E-state index < -0.39 is 0 Å². The van der Waals surface area contributed by atoms with Crippen LogP contribution in [0.5, 0.6) is 5.88 Å².